The van der Waals surface area contributed by atoms with Gasteiger partial charge in [-0.3, -0.25) is 9.59 Å². The summed E-state index contributed by atoms with van der Waals surface area (Å²) in [5.41, 5.74) is 1.79. The molecule has 31 heavy (non-hydrogen) atoms. The standard InChI is InChI=1S/C22H28N6O2S/c1-15-24-17(13-31-15)20(30)27-10-6-22(7-11-27)14-26(2)19(29)16-12-23-21(25-18(16)22)28-8-4-3-5-9-28/h12-13H,3-11,14H2,1-2H3. The molecule has 0 radical (unpaired) electrons. The first-order valence-electron chi connectivity index (χ1n) is 11.1. The fraction of sp³-hybridized carbons (Fsp3) is 0.591. The Labute approximate surface area is 186 Å². The van der Waals surface area contributed by atoms with Crippen LogP contribution in [0.15, 0.2) is 11.6 Å². The zero-order chi connectivity index (χ0) is 21.6. The molecular formula is C22H28N6O2S. The second kappa shape index (κ2) is 7.85. The number of nitrogens with zero attached hydrogens (tertiary/aromatic N) is 6. The maximum absolute atomic E-state index is 12.9. The summed E-state index contributed by atoms with van der Waals surface area (Å²) in [5, 5.41) is 2.74. The van der Waals surface area contributed by atoms with E-state index < -0.39 is 0 Å². The largest absolute Gasteiger partial charge is 0.341 e. The number of aryl methyl sites for hydroxylation is 1. The number of carbonyl (C=O) groups excluding carboxylic acids is 2. The molecule has 3 aliphatic rings. The molecule has 5 rings (SSSR count). The number of amides is 2. The van der Waals surface area contributed by atoms with Gasteiger partial charge in [0.15, 0.2) is 0 Å². The van der Waals surface area contributed by atoms with Gasteiger partial charge < -0.3 is 14.7 Å². The predicted octanol–water partition coefficient (Wildman–Crippen LogP) is 2.49. The Morgan fingerprint density at radius 3 is 2.52 bits per heavy atom. The van der Waals surface area contributed by atoms with Crippen molar-refractivity contribution in [2.75, 3.05) is 44.7 Å². The van der Waals surface area contributed by atoms with E-state index in [0.29, 0.717) is 30.9 Å². The van der Waals surface area contributed by atoms with E-state index in [-0.39, 0.29) is 17.2 Å². The molecule has 2 fully saturated rings. The van der Waals surface area contributed by atoms with Crippen molar-refractivity contribution in [1.29, 1.82) is 0 Å². The van der Waals surface area contributed by atoms with Gasteiger partial charge in [-0.1, -0.05) is 0 Å². The number of rotatable bonds is 2. The Bertz CT molecular complexity index is 1010. The molecule has 3 aliphatic heterocycles. The van der Waals surface area contributed by atoms with E-state index in [1.54, 1.807) is 11.1 Å². The van der Waals surface area contributed by atoms with Gasteiger partial charge in [-0.05, 0) is 39.0 Å². The number of anilines is 1. The summed E-state index contributed by atoms with van der Waals surface area (Å²) in [6.07, 6.45) is 6.84. The highest BCUT2D eigenvalue weighted by Gasteiger charge is 2.46. The lowest BCUT2D eigenvalue weighted by molar-refractivity contribution is 0.0538. The van der Waals surface area contributed by atoms with Crippen molar-refractivity contribution in [2.24, 2.45) is 0 Å². The van der Waals surface area contributed by atoms with Crippen LogP contribution in [0.2, 0.25) is 0 Å². The highest BCUT2D eigenvalue weighted by Crippen LogP contribution is 2.41. The van der Waals surface area contributed by atoms with Crippen molar-refractivity contribution in [3.8, 4) is 0 Å². The molecule has 0 bridgehead atoms. The van der Waals surface area contributed by atoms with Crippen molar-refractivity contribution in [1.82, 2.24) is 24.8 Å². The third-order valence-electron chi connectivity index (χ3n) is 6.88. The highest BCUT2D eigenvalue weighted by molar-refractivity contribution is 7.09. The van der Waals surface area contributed by atoms with Crippen molar-refractivity contribution >= 4 is 29.1 Å². The monoisotopic (exact) mass is 440 g/mol. The van der Waals surface area contributed by atoms with E-state index in [0.717, 1.165) is 55.4 Å². The minimum Gasteiger partial charge on any atom is -0.341 e. The van der Waals surface area contributed by atoms with Gasteiger partial charge in [-0.25, -0.2) is 15.0 Å². The lowest BCUT2D eigenvalue weighted by atomic mass is 9.71. The summed E-state index contributed by atoms with van der Waals surface area (Å²) >= 11 is 1.50. The number of piperidine rings is 2. The number of hydrogen-bond donors (Lipinski definition) is 0. The average Bonchev–Trinajstić information content (AvgIpc) is 3.24. The molecule has 5 heterocycles. The molecule has 9 heteroatoms. The molecule has 0 aliphatic carbocycles. The van der Waals surface area contributed by atoms with E-state index in [1.807, 2.05) is 24.3 Å². The molecule has 8 nitrogen and oxygen atoms in total. The first-order valence-corrected chi connectivity index (χ1v) is 11.9. The molecule has 2 aromatic rings. The van der Waals surface area contributed by atoms with E-state index in [1.165, 1.54) is 17.8 Å². The quantitative estimate of drug-likeness (QED) is 0.714. The second-order valence-corrected chi connectivity index (χ2v) is 10.0. The lowest BCUT2D eigenvalue weighted by Crippen LogP contribution is -2.54. The molecule has 1 spiro atoms. The maximum Gasteiger partial charge on any atom is 0.273 e. The molecule has 0 unspecified atom stereocenters. The van der Waals surface area contributed by atoms with Crippen LogP contribution in [0, 0.1) is 6.92 Å². The number of likely N-dealkylation sites (N-methyl/N-ethyl adjacent to an activating group) is 1. The Balaban J connectivity index is 1.42. The van der Waals surface area contributed by atoms with Gasteiger partial charge in [-0.2, -0.15) is 0 Å². The third-order valence-corrected chi connectivity index (χ3v) is 7.65. The van der Waals surface area contributed by atoms with Crippen molar-refractivity contribution in [3.05, 3.63) is 33.5 Å². The molecule has 2 aromatic heterocycles. The summed E-state index contributed by atoms with van der Waals surface area (Å²) in [6, 6.07) is 0. The van der Waals surface area contributed by atoms with Crippen molar-refractivity contribution in [3.63, 3.8) is 0 Å². The molecule has 0 N–H and O–H groups in total. The zero-order valence-electron chi connectivity index (χ0n) is 18.1. The molecule has 2 amide bonds. The number of carbonyl (C=O) groups is 2. The Morgan fingerprint density at radius 2 is 1.84 bits per heavy atom. The van der Waals surface area contributed by atoms with Crippen LogP contribution in [0.25, 0.3) is 0 Å². The summed E-state index contributed by atoms with van der Waals surface area (Å²) in [5.74, 6) is 0.727. The number of hydrogen-bond acceptors (Lipinski definition) is 7. The minimum absolute atomic E-state index is 0.00337. The predicted molar refractivity (Wildman–Crippen MR) is 119 cm³/mol. The summed E-state index contributed by atoms with van der Waals surface area (Å²) in [6.45, 7) is 5.76. The van der Waals surface area contributed by atoms with Gasteiger partial charge >= 0.3 is 0 Å². The van der Waals surface area contributed by atoms with Gasteiger partial charge in [0.05, 0.1) is 16.3 Å². The highest BCUT2D eigenvalue weighted by atomic mass is 32.1. The SMILES string of the molecule is Cc1nc(C(=O)N2CCC3(CC2)CN(C)C(=O)c2cnc(N4CCCCC4)nc23)cs1. The molecule has 0 aromatic carbocycles. The molecule has 0 atom stereocenters. The van der Waals surface area contributed by atoms with Gasteiger partial charge in [-0.15, -0.1) is 11.3 Å². The van der Waals surface area contributed by atoms with Crippen LogP contribution in [0.5, 0.6) is 0 Å². The first-order chi connectivity index (χ1) is 15.0. The Morgan fingerprint density at radius 1 is 1.10 bits per heavy atom. The maximum atomic E-state index is 12.9. The molecular weight excluding hydrogens is 412 g/mol. The lowest BCUT2D eigenvalue weighted by Gasteiger charge is -2.46. The fourth-order valence-electron chi connectivity index (χ4n) is 5.14. The molecule has 2 saturated heterocycles. The van der Waals surface area contributed by atoms with Crippen LogP contribution >= 0.6 is 11.3 Å². The van der Waals surface area contributed by atoms with Crippen LogP contribution in [0.1, 0.15) is 63.7 Å². The smallest absolute Gasteiger partial charge is 0.273 e. The van der Waals surface area contributed by atoms with Gasteiger partial charge in [0.1, 0.15) is 5.69 Å². The van der Waals surface area contributed by atoms with E-state index in [9.17, 15) is 9.59 Å². The van der Waals surface area contributed by atoms with Crippen LogP contribution in [0.4, 0.5) is 5.95 Å². The zero-order valence-corrected chi connectivity index (χ0v) is 19.0. The first kappa shape index (κ1) is 20.4. The van der Waals surface area contributed by atoms with Crippen LogP contribution in [-0.2, 0) is 5.41 Å². The summed E-state index contributed by atoms with van der Waals surface area (Å²) in [4.78, 5) is 45.5. The van der Waals surface area contributed by atoms with Crippen LogP contribution in [-0.4, -0.2) is 76.3 Å². The van der Waals surface area contributed by atoms with Gasteiger partial charge in [0.2, 0.25) is 5.95 Å². The van der Waals surface area contributed by atoms with E-state index in [4.69, 9.17) is 4.98 Å². The summed E-state index contributed by atoms with van der Waals surface area (Å²) in [7, 11) is 1.85. The van der Waals surface area contributed by atoms with Crippen molar-refractivity contribution in [2.45, 2.75) is 44.4 Å². The van der Waals surface area contributed by atoms with Crippen LogP contribution < -0.4 is 4.90 Å². The third kappa shape index (κ3) is 3.58. The number of likely N-dealkylation sites (tertiary alicyclic amines) is 1. The second-order valence-electron chi connectivity index (χ2n) is 8.97. The molecule has 0 saturated carbocycles. The average molecular weight is 441 g/mol. The molecule has 164 valence electrons. The van der Waals surface area contributed by atoms with E-state index in [2.05, 4.69) is 14.9 Å². The van der Waals surface area contributed by atoms with Gasteiger partial charge in [0.25, 0.3) is 11.8 Å². The fourth-order valence-corrected chi connectivity index (χ4v) is 5.73. The van der Waals surface area contributed by atoms with Crippen molar-refractivity contribution < 1.29 is 9.59 Å². The van der Waals surface area contributed by atoms with E-state index >= 15 is 0 Å². The minimum atomic E-state index is -0.236. The van der Waals surface area contributed by atoms with Gasteiger partial charge in [0, 0.05) is 56.8 Å². The van der Waals surface area contributed by atoms with Crippen LogP contribution in [0.3, 0.4) is 0 Å². The Hall–Kier alpha value is -2.55. The normalized spacial score (nSPS) is 20.8. The number of thiazole rings is 1. The Kier molecular flexibility index (Phi) is 5.16. The number of fused-ring (bicyclic) bond motifs is 2. The summed E-state index contributed by atoms with van der Waals surface area (Å²) < 4.78 is 0. The topological polar surface area (TPSA) is 82.5 Å². The number of aromatic nitrogens is 3.